The Labute approximate surface area is 167 Å². The van der Waals surface area contributed by atoms with Crippen molar-refractivity contribution in [3.8, 4) is 0 Å². The summed E-state index contributed by atoms with van der Waals surface area (Å²) in [6, 6.07) is 6.38. The van der Waals surface area contributed by atoms with Crippen LogP contribution in [0.15, 0.2) is 18.2 Å². The standard InChI is InChI=1S/C22H29OP.Li.H/c1-12-9-13(2)18(14(3)10-12)20(23)19-16(5)21(24)15(4)11-17(19)22(6,7)8;;/h9-11H,24H2,1-8H3;;. The fourth-order valence-electron chi connectivity index (χ4n) is 3.55. The first-order valence-corrected chi connectivity index (χ1v) is 9.05. The van der Waals surface area contributed by atoms with Crippen LogP contribution in [0, 0.1) is 34.6 Å². The summed E-state index contributed by atoms with van der Waals surface area (Å²) in [6.45, 7) is 16.9. The van der Waals surface area contributed by atoms with Gasteiger partial charge in [-0.3, -0.25) is 4.79 Å². The minimum atomic E-state index is -0.0780. The molecule has 0 amide bonds. The third-order valence-electron chi connectivity index (χ3n) is 4.77. The van der Waals surface area contributed by atoms with Gasteiger partial charge in [-0.1, -0.05) is 44.5 Å². The average molecular weight is 348 g/mol. The van der Waals surface area contributed by atoms with Crippen LogP contribution >= 0.6 is 9.24 Å². The van der Waals surface area contributed by atoms with Crippen molar-refractivity contribution in [1.29, 1.82) is 0 Å². The third kappa shape index (κ3) is 4.28. The SMILES string of the molecule is Cc1cc(C)c(C(=O)c2c(C(C)(C)C)cc(C)c(P)c2C)c(C)c1.[LiH]. The molecule has 0 spiro atoms. The van der Waals surface area contributed by atoms with Crippen molar-refractivity contribution in [2.45, 2.75) is 60.8 Å². The van der Waals surface area contributed by atoms with Crippen molar-refractivity contribution < 1.29 is 4.79 Å². The topological polar surface area (TPSA) is 17.1 Å². The van der Waals surface area contributed by atoms with E-state index in [1.807, 2.05) is 13.8 Å². The van der Waals surface area contributed by atoms with Gasteiger partial charge in [0.2, 0.25) is 0 Å². The molecule has 0 bridgehead atoms. The van der Waals surface area contributed by atoms with Crippen LogP contribution in [0.25, 0.3) is 0 Å². The van der Waals surface area contributed by atoms with E-state index in [0.717, 1.165) is 38.7 Å². The Morgan fingerprint density at radius 1 is 0.840 bits per heavy atom. The van der Waals surface area contributed by atoms with Gasteiger partial charge in [0, 0.05) is 11.1 Å². The number of hydrogen-bond donors (Lipinski definition) is 0. The number of carbonyl (C=O) groups is 1. The Hall–Kier alpha value is -0.863. The van der Waals surface area contributed by atoms with E-state index in [2.05, 4.69) is 69.0 Å². The van der Waals surface area contributed by atoms with Crippen molar-refractivity contribution in [2.75, 3.05) is 0 Å². The molecule has 2 rings (SSSR count). The fourth-order valence-corrected chi connectivity index (χ4v) is 3.77. The molecule has 130 valence electrons. The summed E-state index contributed by atoms with van der Waals surface area (Å²) in [6.07, 6.45) is 0. The summed E-state index contributed by atoms with van der Waals surface area (Å²) >= 11 is 0. The molecule has 0 N–H and O–H groups in total. The molecule has 0 radical (unpaired) electrons. The van der Waals surface area contributed by atoms with Crippen LogP contribution in [0.5, 0.6) is 0 Å². The van der Waals surface area contributed by atoms with Crippen LogP contribution in [0.4, 0.5) is 0 Å². The van der Waals surface area contributed by atoms with Crippen LogP contribution in [0.1, 0.15) is 70.1 Å². The Kier molecular flexibility index (Phi) is 6.92. The van der Waals surface area contributed by atoms with Crippen molar-refractivity contribution in [2.24, 2.45) is 0 Å². The van der Waals surface area contributed by atoms with Crippen molar-refractivity contribution >= 4 is 39.2 Å². The van der Waals surface area contributed by atoms with Crippen LogP contribution < -0.4 is 5.30 Å². The molecule has 0 saturated heterocycles. The van der Waals surface area contributed by atoms with Crippen molar-refractivity contribution in [3.05, 3.63) is 62.7 Å². The zero-order valence-electron chi connectivity index (χ0n) is 16.2. The molecule has 3 heteroatoms. The first-order valence-electron chi connectivity index (χ1n) is 8.47. The monoisotopic (exact) mass is 348 g/mol. The summed E-state index contributed by atoms with van der Waals surface area (Å²) < 4.78 is 0. The molecule has 0 aliphatic carbocycles. The van der Waals surface area contributed by atoms with Gasteiger partial charge in [0.15, 0.2) is 5.78 Å². The van der Waals surface area contributed by atoms with E-state index in [9.17, 15) is 4.79 Å². The first-order chi connectivity index (χ1) is 10.9. The molecule has 0 saturated carbocycles. The van der Waals surface area contributed by atoms with Gasteiger partial charge < -0.3 is 0 Å². The maximum absolute atomic E-state index is 13.5. The van der Waals surface area contributed by atoms with E-state index < -0.39 is 0 Å². The zero-order valence-corrected chi connectivity index (χ0v) is 17.4. The molecule has 2 aromatic rings. The van der Waals surface area contributed by atoms with Gasteiger partial charge in [-0.25, -0.2) is 0 Å². The Morgan fingerprint density at radius 3 is 1.76 bits per heavy atom. The first kappa shape index (κ1) is 22.2. The number of aryl methyl sites for hydroxylation is 4. The normalized spacial score (nSPS) is 11.2. The van der Waals surface area contributed by atoms with Gasteiger partial charge in [-0.15, -0.1) is 9.24 Å². The molecule has 0 heterocycles. The van der Waals surface area contributed by atoms with Gasteiger partial charge in [0.25, 0.3) is 0 Å². The maximum atomic E-state index is 13.5. The van der Waals surface area contributed by atoms with Crippen molar-refractivity contribution in [3.63, 3.8) is 0 Å². The molecular weight excluding hydrogens is 318 g/mol. The van der Waals surface area contributed by atoms with E-state index in [0.29, 0.717) is 0 Å². The Morgan fingerprint density at radius 2 is 1.32 bits per heavy atom. The van der Waals surface area contributed by atoms with Crippen LogP contribution in [0.2, 0.25) is 0 Å². The van der Waals surface area contributed by atoms with Crippen LogP contribution in [0.3, 0.4) is 0 Å². The quantitative estimate of drug-likeness (QED) is 0.440. The van der Waals surface area contributed by atoms with Gasteiger partial charge in [0.05, 0.1) is 0 Å². The second-order valence-corrected chi connectivity index (χ2v) is 8.58. The van der Waals surface area contributed by atoms with E-state index in [1.54, 1.807) is 0 Å². The molecular formula is C22H30LiOP. The molecule has 2 aromatic carbocycles. The molecule has 1 nitrogen and oxygen atoms in total. The predicted octanol–water partition coefficient (Wildman–Crippen LogP) is 4.61. The summed E-state index contributed by atoms with van der Waals surface area (Å²) in [5.41, 5.74) is 8.38. The summed E-state index contributed by atoms with van der Waals surface area (Å²) in [7, 11) is 2.80. The summed E-state index contributed by atoms with van der Waals surface area (Å²) in [5.74, 6) is 0.149. The number of carbonyl (C=O) groups excluding carboxylic acids is 1. The number of ketones is 1. The second-order valence-electron chi connectivity index (χ2n) is 8.01. The fraction of sp³-hybridized carbons (Fsp3) is 0.409. The van der Waals surface area contributed by atoms with Gasteiger partial charge in [-0.05, 0) is 73.2 Å². The van der Waals surface area contributed by atoms with E-state index in [-0.39, 0.29) is 30.1 Å². The molecule has 0 aromatic heterocycles. The zero-order chi connectivity index (χ0) is 18.4. The number of rotatable bonds is 2. The molecule has 1 unspecified atom stereocenters. The molecule has 0 aliphatic rings. The summed E-state index contributed by atoms with van der Waals surface area (Å²) in [5, 5.41) is 1.13. The number of hydrogen-bond acceptors (Lipinski definition) is 1. The Bertz CT molecular complexity index is 806. The van der Waals surface area contributed by atoms with Crippen LogP contribution in [-0.2, 0) is 5.41 Å². The van der Waals surface area contributed by atoms with Crippen molar-refractivity contribution in [1.82, 2.24) is 0 Å². The second kappa shape index (κ2) is 7.80. The molecule has 0 fully saturated rings. The average Bonchev–Trinajstić information content (AvgIpc) is 2.41. The third-order valence-corrected chi connectivity index (χ3v) is 5.66. The van der Waals surface area contributed by atoms with Gasteiger partial charge in [-0.2, -0.15) is 0 Å². The predicted molar refractivity (Wildman–Crippen MR) is 115 cm³/mol. The van der Waals surface area contributed by atoms with Gasteiger partial charge in [0.1, 0.15) is 0 Å². The number of benzene rings is 2. The minimum absolute atomic E-state index is 0. The van der Waals surface area contributed by atoms with E-state index in [1.165, 1.54) is 11.1 Å². The van der Waals surface area contributed by atoms with Crippen LogP contribution in [-0.4, -0.2) is 24.6 Å². The Balaban J connectivity index is 0.00000312. The summed E-state index contributed by atoms with van der Waals surface area (Å²) in [4.78, 5) is 13.5. The molecule has 25 heavy (non-hydrogen) atoms. The van der Waals surface area contributed by atoms with E-state index >= 15 is 0 Å². The molecule has 1 atom stereocenters. The van der Waals surface area contributed by atoms with Gasteiger partial charge >= 0.3 is 18.9 Å². The van der Waals surface area contributed by atoms with E-state index in [4.69, 9.17) is 0 Å². The molecule has 0 aliphatic heterocycles.